The summed E-state index contributed by atoms with van der Waals surface area (Å²) in [4.78, 5) is 8.52. The van der Waals surface area contributed by atoms with Crippen LogP contribution >= 0.6 is 22.6 Å². The maximum atomic E-state index is 6.12. The van der Waals surface area contributed by atoms with Gasteiger partial charge in [0.05, 0.1) is 17.0 Å². The van der Waals surface area contributed by atoms with E-state index in [1.165, 1.54) is 6.33 Å². The van der Waals surface area contributed by atoms with E-state index in [1.54, 1.807) is 0 Å². The Morgan fingerprint density at radius 1 is 1.22 bits per heavy atom. The van der Waals surface area contributed by atoms with E-state index in [-0.39, 0.29) is 5.54 Å². The summed E-state index contributed by atoms with van der Waals surface area (Å²) < 4.78 is 4.83. The van der Waals surface area contributed by atoms with Crippen LogP contribution in [0.25, 0.3) is 22.4 Å². The Morgan fingerprint density at radius 2 is 1.96 bits per heavy atom. The highest BCUT2D eigenvalue weighted by Crippen LogP contribution is 2.39. The summed E-state index contributed by atoms with van der Waals surface area (Å²) in [6.45, 7) is 6.23. The van der Waals surface area contributed by atoms with Gasteiger partial charge in [0.2, 0.25) is 0 Å². The second-order valence-electron chi connectivity index (χ2n) is 6.79. The molecule has 0 atom stereocenters. The maximum Gasteiger partial charge on any atom is 0.164 e. The molecular formula is C14H17IN8. The predicted octanol–water partition coefficient (Wildman–Crippen LogP) is 2.36. The Hall–Kier alpha value is -1.78. The van der Waals surface area contributed by atoms with Gasteiger partial charge in [0, 0.05) is 0 Å². The van der Waals surface area contributed by atoms with Gasteiger partial charge in [-0.05, 0) is 56.2 Å². The monoisotopic (exact) mass is 424 g/mol. The van der Waals surface area contributed by atoms with Gasteiger partial charge in [-0.1, -0.05) is 5.21 Å². The van der Waals surface area contributed by atoms with Gasteiger partial charge >= 0.3 is 0 Å². The van der Waals surface area contributed by atoms with E-state index in [0.717, 1.165) is 33.3 Å². The summed E-state index contributed by atoms with van der Waals surface area (Å²) in [6, 6.07) is 0.465. The number of rotatable bonds is 2. The number of nitrogens with zero attached hydrogens (tertiary/aromatic N) is 7. The second-order valence-corrected chi connectivity index (χ2v) is 7.82. The smallest absolute Gasteiger partial charge is 0.164 e. The molecule has 9 heteroatoms. The van der Waals surface area contributed by atoms with Crippen LogP contribution in [0.4, 0.5) is 5.82 Å². The number of nitrogen functional groups attached to an aromatic ring is 1. The molecule has 0 saturated heterocycles. The number of fused-ring (bicyclic) bond motifs is 1. The lowest BCUT2D eigenvalue weighted by atomic mass is 10.1. The summed E-state index contributed by atoms with van der Waals surface area (Å²) in [7, 11) is 0. The average Bonchev–Trinajstić information content (AvgIpc) is 3.12. The molecule has 3 heterocycles. The van der Waals surface area contributed by atoms with Crippen LogP contribution in [0.2, 0.25) is 0 Å². The van der Waals surface area contributed by atoms with E-state index in [2.05, 4.69) is 63.6 Å². The van der Waals surface area contributed by atoms with E-state index in [9.17, 15) is 0 Å². The summed E-state index contributed by atoms with van der Waals surface area (Å²) in [5.74, 6) is 0.414. The van der Waals surface area contributed by atoms with Crippen LogP contribution in [0.1, 0.15) is 39.7 Å². The first-order valence-corrected chi connectivity index (χ1v) is 8.56. The third-order valence-electron chi connectivity index (χ3n) is 3.88. The SMILES string of the molecule is CC(C)(C)n1nc(-c2nnn(C3CC3)c2I)c2c(N)ncnc21. The molecule has 3 aromatic heterocycles. The van der Waals surface area contributed by atoms with Crippen LogP contribution < -0.4 is 5.73 Å². The highest BCUT2D eigenvalue weighted by atomic mass is 127. The van der Waals surface area contributed by atoms with Gasteiger partial charge in [0.1, 0.15) is 27.2 Å². The molecule has 0 aliphatic heterocycles. The zero-order chi connectivity index (χ0) is 16.4. The Labute approximate surface area is 146 Å². The van der Waals surface area contributed by atoms with Crippen LogP contribution in [-0.2, 0) is 5.54 Å². The predicted molar refractivity (Wildman–Crippen MR) is 94.7 cm³/mol. The fourth-order valence-corrected chi connectivity index (χ4v) is 3.44. The van der Waals surface area contributed by atoms with E-state index in [1.807, 2.05) is 9.36 Å². The standard InChI is InChI=1S/C14H17IN8/c1-14(2,3)23-13-8(12(16)17-6-18-13)9(20-23)10-11(15)22(21-19-10)7-4-5-7/h6-7H,4-5H2,1-3H3,(H2,16,17,18). The highest BCUT2D eigenvalue weighted by Gasteiger charge is 2.31. The lowest BCUT2D eigenvalue weighted by Crippen LogP contribution is -2.23. The van der Waals surface area contributed by atoms with Crippen molar-refractivity contribution in [3.63, 3.8) is 0 Å². The normalized spacial score (nSPS) is 15.5. The molecule has 0 bridgehead atoms. The highest BCUT2D eigenvalue weighted by molar-refractivity contribution is 14.1. The first-order chi connectivity index (χ1) is 10.9. The fourth-order valence-electron chi connectivity index (χ4n) is 2.59. The quantitative estimate of drug-likeness (QED) is 0.634. The van der Waals surface area contributed by atoms with Crippen molar-refractivity contribution in [2.75, 3.05) is 5.73 Å². The van der Waals surface area contributed by atoms with Crippen molar-refractivity contribution in [2.45, 2.75) is 45.2 Å². The van der Waals surface area contributed by atoms with Crippen LogP contribution in [0.5, 0.6) is 0 Å². The molecule has 120 valence electrons. The zero-order valence-corrected chi connectivity index (χ0v) is 15.3. The summed E-state index contributed by atoms with van der Waals surface area (Å²) in [5, 5.41) is 14.1. The lowest BCUT2D eigenvalue weighted by molar-refractivity contribution is 0.366. The van der Waals surface area contributed by atoms with Gasteiger partial charge in [-0.2, -0.15) is 5.10 Å². The molecule has 8 nitrogen and oxygen atoms in total. The van der Waals surface area contributed by atoms with E-state index >= 15 is 0 Å². The third kappa shape index (κ3) is 2.28. The third-order valence-corrected chi connectivity index (χ3v) is 4.89. The second kappa shape index (κ2) is 4.86. The van der Waals surface area contributed by atoms with Crippen molar-refractivity contribution < 1.29 is 0 Å². The number of aromatic nitrogens is 7. The van der Waals surface area contributed by atoms with Gasteiger partial charge < -0.3 is 5.73 Å². The van der Waals surface area contributed by atoms with Crippen molar-refractivity contribution in [3.8, 4) is 11.4 Å². The Balaban J connectivity index is 2.00. The number of anilines is 1. The minimum atomic E-state index is -0.227. The van der Waals surface area contributed by atoms with Crippen molar-refractivity contribution in [1.29, 1.82) is 0 Å². The van der Waals surface area contributed by atoms with Gasteiger partial charge in [-0.15, -0.1) is 5.10 Å². The minimum absolute atomic E-state index is 0.227. The summed E-state index contributed by atoms with van der Waals surface area (Å²) in [5.41, 5.74) is 8.05. The molecule has 2 N–H and O–H groups in total. The molecule has 0 unspecified atom stereocenters. The average molecular weight is 424 g/mol. The molecule has 23 heavy (non-hydrogen) atoms. The first kappa shape index (κ1) is 14.8. The molecule has 1 aliphatic carbocycles. The van der Waals surface area contributed by atoms with Crippen molar-refractivity contribution in [2.24, 2.45) is 0 Å². The molecule has 3 aromatic rings. The number of halogens is 1. The molecule has 0 amide bonds. The molecule has 1 saturated carbocycles. The molecule has 0 aromatic carbocycles. The Bertz CT molecular complexity index is 900. The topological polar surface area (TPSA) is 100 Å². The van der Waals surface area contributed by atoms with E-state index in [4.69, 9.17) is 10.8 Å². The van der Waals surface area contributed by atoms with E-state index < -0.39 is 0 Å². The maximum absolute atomic E-state index is 6.12. The van der Waals surface area contributed by atoms with Crippen molar-refractivity contribution in [1.82, 2.24) is 34.7 Å². The molecular weight excluding hydrogens is 407 g/mol. The van der Waals surface area contributed by atoms with Crippen LogP contribution in [0.3, 0.4) is 0 Å². The van der Waals surface area contributed by atoms with Gasteiger partial charge in [-0.3, -0.25) is 0 Å². The van der Waals surface area contributed by atoms with Crippen LogP contribution in [0, 0.1) is 3.70 Å². The molecule has 0 radical (unpaired) electrons. The molecule has 0 spiro atoms. The first-order valence-electron chi connectivity index (χ1n) is 7.48. The number of nitrogens with two attached hydrogens (primary N) is 1. The number of hydrogen-bond acceptors (Lipinski definition) is 6. The Kier molecular flexibility index (Phi) is 3.12. The van der Waals surface area contributed by atoms with E-state index in [0.29, 0.717) is 17.6 Å². The lowest BCUT2D eigenvalue weighted by Gasteiger charge is -2.19. The van der Waals surface area contributed by atoms with Gasteiger partial charge in [0.25, 0.3) is 0 Å². The summed E-state index contributed by atoms with van der Waals surface area (Å²) >= 11 is 2.28. The molecule has 1 fully saturated rings. The summed E-state index contributed by atoms with van der Waals surface area (Å²) in [6.07, 6.45) is 3.78. The molecule has 4 rings (SSSR count). The number of hydrogen-bond donors (Lipinski definition) is 1. The van der Waals surface area contributed by atoms with Crippen molar-refractivity contribution >= 4 is 39.4 Å². The van der Waals surface area contributed by atoms with Gasteiger partial charge in [-0.25, -0.2) is 19.3 Å². The molecule has 1 aliphatic rings. The fraction of sp³-hybridized carbons (Fsp3) is 0.500. The minimum Gasteiger partial charge on any atom is -0.383 e. The zero-order valence-electron chi connectivity index (χ0n) is 13.2. The van der Waals surface area contributed by atoms with Gasteiger partial charge in [0.15, 0.2) is 5.65 Å². The Morgan fingerprint density at radius 3 is 2.61 bits per heavy atom. The van der Waals surface area contributed by atoms with Crippen LogP contribution in [-0.4, -0.2) is 34.7 Å². The largest absolute Gasteiger partial charge is 0.383 e. The van der Waals surface area contributed by atoms with Crippen molar-refractivity contribution in [3.05, 3.63) is 10.0 Å². The van der Waals surface area contributed by atoms with Crippen LogP contribution in [0.15, 0.2) is 6.33 Å².